The highest BCUT2D eigenvalue weighted by atomic mass is 79.9. The van der Waals surface area contributed by atoms with E-state index < -0.39 is 0 Å². The maximum Gasteiger partial charge on any atom is 0.156 e. The first-order valence-corrected chi connectivity index (χ1v) is 9.11. The number of nitrogens with zero attached hydrogens (tertiary/aromatic N) is 2. The van der Waals surface area contributed by atoms with Crippen LogP contribution >= 0.6 is 39.0 Å². The number of halogens is 1. The topological polar surface area (TPSA) is 45.9 Å². The summed E-state index contributed by atoms with van der Waals surface area (Å²) in [4.78, 5) is 5.15. The van der Waals surface area contributed by atoms with Crippen molar-refractivity contribution in [2.24, 2.45) is 0 Å². The van der Waals surface area contributed by atoms with Crippen molar-refractivity contribution >= 4 is 55.3 Å². The van der Waals surface area contributed by atoms with Crippen molar-refractivity contribution in [2.75, 3.05) is 7.11 Å². The fourth-order valence-corrected chi connectivity index (χ4v) is 4.53. The molecule has 0 radical (unpaired) electrons. The molecule has 6 heteroatoms. The summed E-state index contributed by atoms with van der Waals surface area (Å²) in [7, 11) is 1.62. The molecule has 1 heterocycles. The van der Waals surface area contributed by atoms with Crippen LogP contribution in [0, 0.1) is 11.3 Å². The van der Waals surface area contributed by atoms with Gasteiger partial charge in [0.25, 0.3) is 0 Å². The van der Waals surface area contributed by atoms with Gasteiger partial charge in [0.15, 0.2) is 4.34 Å². The van der Waals surface area contributed by atoms with E-state index in [0.29, 0.717) is 4.91 Å². The molecule has 0 N–H and O–H groups in total. The predicted octanol–water partition coefficient (Wildman–Crippen LogP) is 5.72. The molecule has 0 saturated carbocycles. The first kappa shape index (κ1) is 16.1. The van der Waals surface area contributed by atoms with E-state index in [9.17, 15) is 5.26 Å². The summed E-state index contributed by atoms with van der Waals surface area (Å²) in [6, 6.07) is 15.9. The molecule has 2 aromatic carbocycles. The van der Waals surface area contributed by atoms with Crippen LogP contribution in [-0.2, 0) is 0 Å². The number of nitriles is 1. The van der Waals surface area contributed by atoms with Gasteiger partial charge in [-0.2, -0.15) is 5.26 Å². The molecule has 23 heavy (non-hydrogen) atoms. The Morgan fingerprint density at radius 2 is 2.17 bits per heavy atom. The van der Waals surface area contributed by atoms with Gasteiger partial charge in [-0.3, -0.25) is 0 Å². The van der Waals surface area contributed by atoms with Crippen molar-refractivity contribution in [3.8, 4) is 11.8 Å². The molecule has 0 saturated heterocycles. The Labute approximate surface area is 150 Å². The largest absolute Gasteiger partial charge is 0.496 e. The number of thiazole rings is 1. The van der Waals surface area contributed by atoms with E-state index in [2.05, 4.69) is 27.0 Å². The number of hydrogen-bond donors (Lipinski definition) is 0. The van der Waals surface area contributed by atoms with Crippen molar-refractivity contribution in [1.82, 2.24) is 4.98 Å². The van der Waals surface area contributed by atoms with Crippen LogP contribution in [0.3, 0.4) is 0 Å². The lowest BCUT2D eigenvalue weighted by Crippen LogP contribution is -1.84. The maximum absolute atomic E-state index is 9.39. The van der Waals surface area contributed by atoms with Gasteiger partial charge in [-0.25, -0.2) is 4.98 Å². The maximum atomic E-state index is 9.39. The summed E-state index contributed by atoms with van der Waals surface area (Å²) in [5.74, 6) is 0.763. The number of benzene rings is 2. The average Bonchev–Trinajstić information content (AvgIpc) is 2.96. The molecule has 114 valence electrons. The second-order valence-corrected chi connectivity index (χ2v) is 7.74. The van der Waals surface area contributed by atoms with E-state index >= 15 is 0 Å². The van der Waals surface area contributed by atoms with Gasteiger partial charge in [0.1, 0.15) is 11.8 Å². The predicted molar refractivity (Wildman–Crippen MR) is 99.8 cm³/mol. The fraction of sp³-hybridized carbons (Fsp3) is 0.0588. The monoisotopic (exact) mass is 402 g/mol. The number of hydrogen-bond acceptors (Lipinski definition) is 5. The van der Waals surface area contributed by atoms with Crippen molar-refractivity contribution in [3.05, 3.63) is 57.4 Å². The minimum atomic E-state index is 0.598. The smallest absolute Gasteiger partial charge is 0.156 e. The summed E-state index contributed by atoms with van der Waals surface area (Å²) < 4.78 is 8.06. The van der Waals surface area contributed by atoms with Gasteiger partial charge < -0.3 is 4.74 Å². The third-order valence-corrected chi connectivity index (χ3v) is 5.70. The lowest BCUT2D eigenvalue weighted by molar-refractivity contribution is 0.412. The number of thioether (sulfide) groups is 1. The lowest BCUT2D eigenvalue weighted by atomic mass is 10.2. The van der Waals surface area contributed by atoms with E-state index in [1.54, 1.807) is 18.4 Å². The molecule has 1 aromatic heterocycles. The first-order valence-electron chi connectivity index (χ1n) is 6.68. The molecule has 3 rings (SSSR count). The van der Waals surface area contributed by atoms with Crippen molar-refractivity contribution in [2.45, 2.75) is 4.34 Å². The van der Waals surface area contributed by atoms with Crippen molar-refractivity contribution in [3.63, 3.8) is 0 Å². The van der Waals surface area contributed by atoms with Crippen LogP contribution in [0.2, 0.25) is 0 Å². The molecule has 0 atom stereocenters. The quantitative estimate of drug-likeness (QED) is 0.413. The van der Waals surface area contributed by atoms with Crippen LogP contribution in [0.25, 0.3) is 16.3 Å². The average molecular weight is 403 g/mol. The molecular weight excluding hydrogens is 392 g/mol. The van der Waals surface area contributed by atoms with Gasteiger partial charge in [0.05, 0.1) is 26.7 Å². The Kier molecular flexibility index (Phi) is 5.01. The molecule has 0 amide bonds. The van der Waals surface area contributed by atoms with E-state index in [4.69, 9.17) is 4.74 Å². The Bertz CT molecular complexity index is 895. The number of aromatic nitrogens is 1. The molecule has 0 fully saturated rings. The lowest BCUT2D eigenvalue weighted by Gasteiger charge is -2.03. The minimum absolute atomic E-state index is 0.598. The Morgan fingerprint density at radius 1 is 1.35 bits per heavy atom. The van der Waals surface area contributed by atoms with Crippen LogP contribution in [0.4, 0.5) is 0 Å². The highest BCUT2D eigenvalue weighted by Gasteiger charge is 2.08. The van der Waals surface area contributed by atoms with Gasteiger partial charge in [0.2, 0.25) is 0 Å². The Balaban J connectivity index is 1.87. The van der Waals surface area contributed by atoms with E-state index in [1.807, 2.05) is 48.5 Å². The standard InChI is InChI=1S/C17H11BrN2OS2/c1-21-15-7-6-11(9-13(15)18)8-12(10-19)22-17-20-14-4-2-3-5-16(14)23-17/h2-9H,1H3. The molecule has 0 aliphatic carbocycles. The number of methoxy groups -OCH3 is 1. The Morgan fingerprint density at radius 3 is 2.87 bits per heavy atom. The van der Waals surface area contributed by atoms with Crippen molar-refractivity contribution < 1.29 is 4.74 Å². The zero-order valence-electron chi connectivity index (χ0n) is 12.1. The Hall–Kier alpha value is -1.81. The summed E-state index contributed by atoms with van der Waals surface area (Å²) in [5, 5.41) is 9.39. The SMILES string of the molecule is COc1ccc(C=C(C#N)Sc2nc3ccccc3s2)cc1Br. The zero-order chi connectivity index (χ0) is 16.2. The molecule has 3 aromatic rings. The molecule has 0 aliphatic heterocycles. The van der Waals surface area contributed by atoms with Gasteiger partial charge in [0, 0.05) is 0 Å². The number of fused-ring (bicyclic) bond motifs is 1. The third kappa shape index (κ3) is 3.75. The van der Waals surface area contributed by atoms with Gasteiger partial charge in [-0.1, -0.05) is 18.2 Å². The highest BCUT2D eigenvalue weighted by molar-refractivity contribution is 9.10. The molecule has 0 bridgehead atoms. The molecule has 3 nitrogen and oxygen atoms in total. The first-order chi connectivity index (χ1) is 11.2. The van der Waals surface area contributed by atoms with Crippen LogP contribution in [0.1, 0.15) is 5.56 Å². The van der Waals surface area contributed by atoms with E-state index in [1.165, 1.54) is 11.8 Å². The van der Waals surface area contributed by atoms with Gasteiger partial charge >= 0.3 is 0 Å². The molecule has 0 aliphatic rings. The fourth-order valence-electron chi connectivity index (χ4n) is 2.00. The molecular formula is C17H11BrN2OS2. The number of para-hydroxylation sites is 1. The highest BCUT2D eigenvalue weighted by Crippen LogP contribution is 2.35. The van der Waals surface area contributed by atoms with Crippen LogP contribution < -0.4 is 4.74 Å². The third-order valence-electron chi connectivity index (χ3n) is 3.06. The summed E-state index contributed by atoms with van der Waals surface area (Å²) >= 11 is 6.43. The summed E-state index contributed by atoms with van der Waals surface area (Å²) in [5.41, 5.74) is 1.90. The van der Waals surface area contributed by atoms with Crippen LogP contribution in [0.5, 0.6) is 5.75 Å². The number of ether oxygens (including phenoxy) is 1. The van der Waals surface area contributed by atoms with Crippen LogP contribution in [-0.4, -0.2) is 12.1 Å². The van der Waals surface area contributed by atoms with Crippen LogP contribution in [0.15, 0.2) is 56.2 Å². The van der Waals surface area contributed by atoms with Gasteiger partial charge in [-0.15, -0.1) is 11.3 Å². The molecule has 0 spiro atoms. The zero-order valence-corrected chi connectivity index (χ0v) is 15.3. The minimum Gasteiger partial charge on any atom is -0.496 e. The second-order valence-electron chi connectivity index (χ2n) is 4.56. The van der Waals surface area contributed by atoms with E-state index in [0.717, 1.165) is 30.3 Å². The summed E-state index contributed by atoms with van der Waals surface area (Å²) in [6.45, 7) is 0. The van der Waals surface area contributed by atoms with Crippen molar-refractivity contribution in [1.29, 1.82) is 5.26 Å². The van der Waals surface area contributed by atoms with E-state index in [-0.39, 0.29) is 0 Å². The normalized spacial score (nSPS) is 11.4. The second kappa shape index (κ2) is 7.18. The molecule has 0 unspecified atom stereocenters. The number of rotatable bonds is 4. The van der Waals surface area contributed by atoms with Gasteiger partial charge in [-0.05, 0) is 63.6 Å². The summed E-state index contributed by atoms with van der Waals surface area (Å²) in [6.07, 6.45) is 1.85. The number of allylic oxidation sites excluding steroid dienone is 1.